The molecule has 0 amide bonds. The maximum absolute atomic E-state index is 5.44. The van der Waals surface area contributed by atoms with E-state index in [0.717, 1.165) is 50.8 Å². The number of aliphatic imine (C=N–C) groups is 1. The fourth-order valence-electron chi connectivity index (χ4n) is 1.95. The number of unbranched alkanes of at least 4 members (excludes halogenated alkanes) is 1. The monoisotopic (exact) mass is 353 g/mol. The van der Waals surface area contributed by atoms with Gasteiger partial charge in [0.2, 0.25) is 0 Å². The summed E-state index contributed by atoms with van der Waals surface area (Å²) in [5.74, 6) is 1.91. The number of benzene rings is 1. The lowest BCUT2D eigenvalue weighted by Crippen LogP contribution is -2.38. The van der Waals surface area contributed by atoms with Gasteiger partial charge in [-0.2, -0.15) is 0 Å². The standard InChI is InChI=1S/C18H31N3O2S/c1-3-19-18(20-11-7-8-13-23-15-14-22-2)21-12-16-24-17-9-5-4-6-10-17/h4-6,9-10H,3,7-8,11-16H2,1-2H3,(H2,19,20,21). The van der Waals surface area contributed by atoms with Gasteiger partial charge in [0.15, 0.2) is 5.96 Å². The maximum Gasteiger partial charge on any atom is 0.191 e. The van der Waals surface area contributed by atoms with Crippen molar-refractivity contribution >= 4 is 17.7 Å². The van der Waals surface area contributed by atoms with Crippen LogP contribution in [0.2, 0.25) is 0 Å². The Morgan fingerprint density at radius 3 is 2.67 bits per heavy atom. The molecule has 1 rings (SSSR count). The van der Waals surface area contributed by atoms with Gasteiger partial charge in [-0.15, -0.1) is 11.8 Å². The molecule has 5 nitrogen and oxygen atoms in total. The predicted octanol–water partition coefficient (Wildman–Crippen LogP) is 2.78. The Balaban J connectivity index is 2.11. The second-order valence-electron chi connectivity index (χ2n) is 5.16. The van der Waals surface area contributed by atoms with E-state index in [9.17, 15) is 0 Å². The third-order valence-corrected chi connectivity index (χ3v) is 4.16. The number of methoxy groups -OCH3 is 1. The molecule has 1 aromatic rings. The number of nitrogens with one attached hydrogen (secondary N) is 2. The summed E-state index contributed by atoms with van der Waals surface area (Å²) in [7, 11) is 1.69. The minimum absolute atomic E-state index is 0.660. The summed E-state index contributed by atoms with van der Waals surface area (Å²) in [4.78, 5) is 5.90. The van der Waals surface area contributed by atoms with Gasteiger partial charge in [0.1, 0.15) is 0 Å². The van der Waals surface area contributed by atoms with E-state index >= 15 is 0 Å². The van der Waals surface area contributed by atoms with E-state index in [1.54, 1.807) is 7.11 Å². The van der Waals surface area contributed by atoms with Crippen LogP contribution < -0.4 is 10.6 Å². The van der Waals surface area contributed by atoms with Gasteiger partial charge in [-0.05, 0) is 31.9 Å². The van der Waals surface area contributed by atoms with Crippen LogP contribution in [0, 0.1) is 0 Å². The third-order valence-electron chi connectivity index (χ3n) is 3.15. The number of thioether (sulfide) groups is 1. The summed E-state index contributed by atoms with van der Waals surface area (Å²) in [6.45, 7) is 6.77. The minimum Gasteiger partial charge on any atom is -0.382 e. The first-order valence-electron chi connectivity index (χ1n) is 8.63. The Kier molecular flexibility index (Phi) is 13.3. The van der Waals surface area contributed by atoms with Gasteiger partial charge in [-0.3, -0.25) is 4.99 Å². The molecule has 0 aliphatic heterocycles. The highest BCUT2D eigenvalue weighted by atomic mass is 32.2. The van der Waals surface area contributed by atoms with Crippen LogP contribution in [0.3, 0.4) is 0 Å². The predicted molar refractivity (Wildman–Crippen MR) is 103 cm³/mol. The first-order valence-corrected chi connectivity index (χ1v) is 9.62. The summed E-state index contributed by atoms with van der Waals surface area (Å²) in [5.41, 5.74) is 0. The highest BCUT2D eigenvalue weighted by Gasteiger charge is 1.98. The highest BCUT2D eigenvalue weighted by Crippen LogP contribution is 2.15. The van der Waals surface area contributed by atoms with E-state index in [2.05, 4.69) is 46.8 Å². The summed E-state index contributed by atoms with van der Waals surface area (Å²) in [6.07, 6.45) is 2.05. The summed E-state index contributed by atoms with van der Waals surface area (Å²) in [6, 6.07) is 10.5. The van der Waals surface area contributed by atoms with E-state index in [0.29, 0.717) is 13.2 Å². The van der Waals surface area contributed by atoms with Gasteiger partial charge in [-0.1, -0.05) is 18.2 Å². The molecule has 2 N–H and O–H groups in total. The van der Waals surface area contributed by atoms with Crippen molar-refractivity contribution in [3.8, 4) is 0 Å². The molecule has 0 aliphatic rings. The normalized spacial score (nSPS) is 11.5. The van der Waals surface area contributed by atoms with Gasteiger partial charge >= 0.3 is 0 Å². The van der Waals surface area contributed by atoms with Crippen LogP contribution in [0.1, 0.15) is 19.8 Å². The van der Waals surface area contributed by atoms with Crippen molar-refractivity contribution in [2.45, 2.75) is 24.7 Å². The van der Waals surface area contributed by atoms with Crippen molar-refractivity contribution in [2.24, 2.45) is 4.99 Å². The zero-order valence-corrected chi connectivity index (χ0v) is 15.7. The smallest absolute Gasteiger partial charge is 0.191 e. The van der Waals surface area contributed by atoms with Crippen molar-refractivity contribution in [3.63, 3.8) is 0 Å². The number of ether oxygens (including phenoxy) is 2. The van der Waals surface area contributed by atoms with Gasteiger partial charge in [0.05, 0.1) is 13.2 Å². The number of rotatable bonds is 13. The van der Waals surface area contributed by atoms with Crippen LogP contribution in [-0.4, -0.2) is 58.3 Å². The molecule has 0 atom stereocenters. The zero-order chi connectivity index (χ0) is 17.3. The Morgan fingerprint density at radius 1 is 1.08 bits per heavy atom. The lowest BCUT2D eigenvalue weighted by atomic mass is 10.3. The molecule has 1 aromatic carbocycles. The quantitative estimate of drug-likeness (QED) is 0.247. The van der Waals surface area contributed by atoms with Crippen molar-refractivity contribution < 1.29 is 9.47 Å². The molecule has 0 saturated carbocycles. The largest absolute Gasteiger partial charge is 0.382 e. The molecule has 0 aromatic heterocycles. The highest BCUT2D eigenvalue weighted by molar-refractivity contribution is 7.99. The van der Waals surface area contributed by atoms with E-state index in [-0.39, 0.29) is 0 Å². The van der Waals surface area contributed by atoms with Gasteiger partial charge in [0.25, 0.3) is 0 Å². The molecule has 0 saturated heterocycles. The van der Waals surface area contributed by atoms with Crippen molar-refractivity contribution in [1.82, 2.24) is 10.6 Å². The zero-order valence-electron chi connectivity index (χ0n) is 14.9. The van der Waals surface area contributed by atoms with Gasteiger partial charge < -0.3 is 20.1 Å². The fraction of sp³-hybridized carbons (Fsp3) is 0.611. The van der Waals surface area contributed by atoms with E-state index in [1.807, 2.05) is 17.8 Å². The van der Waals surface area contributed by atoms with Gasteiger partial charge in [-0.25, -0.2) is 0 Å². The Labute approximate surface area is 150 Å². The topological polar surface area (TPSA) is 54.9 Å². The first kappa shape index (κ1) is 20.8. The average Bonchev–Trinajstić information content (AvgIpc) is 2.61. The molecule has 0 spiro atoms. The van der Waals surface area contributed by atoms with Gasteiger partial charge in [0, 0.05) is 44.0 Å². The molecule has 136 valence electrons. The SMILES string of the molecule is CCNC(=NCCCCOCCOC)NCCSc1ccccc1. The Morgan fingerprint density at radius 2 is 1.92 bits per heavy atom. The van der Waals surface area contributed by atoms with Crippen LogP contribution in [0.5, 0.6) is 0 Å². The molecule has 6 heteroatoms. The van der Waals surface area contributed by atoms with Crippen molar-refractivity contribution in [3.05, 3.63) is 30.3 Å². The van der Waals surface area contributed by atoms with E-state index in [4.69, 9.17) is 9.47 Å². The summed E-state index contributed by atoms with van der Waals surface area (Å²) in [5, 5.41) is 6.66. The second-order valence-corrected chi connectivity index (χ2v) is 6.33. The average molecular weight is 354 g/mol. The lowest BCUT2D eigenvalue weighted by Gasteiger charge is -2.11. The molecule has 0 heterocycles. The van der Waals surface area contributed by atoms with Crippen LogP contribution in [0.15, 0.2) is 40.2 Å². The molecular weight excluding hydrogens is 322 g/mol. The fourth-order valence-corrected chi connectivity index (χ4v) is 2.74. The maximum atomic E-state index is 5.44. The molecule has 0 bridgehead atoms. The molecular formula is C18H31N3O2S. The van der Waals surface area contributed by atoms with Crippen LogP contribution >= 0.6 is 11.8 Å². The van der Waals surface area contributed by atoms with Crippen LogP contribution in [0.4, 0.5) is 0 Å². The minimum atomic E-state index is 0.660. The molecule has 0 fully saturated rings. The van der Waals surface area contributed by atoms with E-state index in [1.165, 1.54) is 4.90 Å². The summed E-state index contributed by atoms with van der Waals surface area (Å²) >= 11 is 1.85. The van der Waals surface area contributed by atoms with Crippen LogP contribution in [-0.2, 0) is 9.47 Å². The number of hydrogen-bond acceptors (Lipinski definition) is 4. The first-order chi connectivity index (χ1) is 11.9. The van der Waals surface area contributed by atoms with Crippen molar-refractivity contribution in [2.75, 3.05) is 52.3 Å². The number of hydrogen-bond donors (Lipinski definition) is 2. The Hall–Kier alpha value is -1.24. The van der Waals surface area contributed by atoms with Crippen LogP contribution in [0.25, 0.3) is 0 Å². The summed E-state index contributed by atoms with van der Waals surface area (Å²) < 4.78 is 10.4. The molecule has 24 heavy (non-hydrogen) atoms. The van der Waals surface area contributed by atoms with Crippen molar-refractivity contribution in [1.29, 1.82) is 0 Å². The second kappa shape index (κ2) is 15.3. The lowest BCUT2D eigenvalue weighted by molar-refractivity contribution is 0.0690. The third kappa shape index (κ3) is 11.3. The number of nitrogens with zero attached hydrogens (tertiary/aromatic N) is 1. The Bertz CT molecular complexity index is 430. The number of guanidine groups is 1. The molecule has 0 unspecified atom stereocenters. The molecule has 0 radical (unpaired) electrons. The van der Waals surface area contributed by atoms with E-state index < -0.39 is 0 Å². The molecule has 0 aliphatic carbocycles.